The van der Waals surface area contributed by atoms with Crippen LogP contribution in [0.3, 0.4) is 0 Å². The molecule has 8 nitrogen and oxygen atoms in total. The number of hydrogen-bond donors (Lipinski definition) is 3. The van der Waals surface area contributed by atoms with E-state index < -0.39 is 11.7 Å². The summed E-state index contributed by atoms with van der Waals surface area (Å²) in [6.07, 6.45) is 0.420. The predicted octanol–water partition coefficient (Wildman–Crippen LogP) is 2.38. The molecule has 0 bridgehead atoms. The third-order valence-electron chi connectivity index (χ3n) is 5.26. The number of carbonyl (C=O) groups excluding carboxylic acids is 1. The highest BCUT2D eigenvalue weighted by atomic mass is 16.6. The minimum Gasteiger partial charge on any atom is -0.444 e. The van der Waals surface area contributed by atoms with Crippen LogP contribution in [-0.4, -0.2) is 86.9 Å². The van der Waals surface area contributed by atoms with Gasteiger partial charge in [-0.05, 0) is 58.9 Å². The van der Waals surface area contributed by atoms with E-state index in [1.807, 2.05) is 45.0 Å². The average Bonchev–Trinajstić information content (AvgIpc) is 2.70. The number of aliphatic imine (C=N–C) groups is 1. The van der Waals surface area contributed by atoms with Crippen LogP contribution in [0, 0.1) is 0 Å². The van der Waals surface area contributed by atoms with Gasteiger partial charge in [0.15, 0.2) is 5.96 Å². The Labute approximate surface area is 187 Å². The molecule has 1 aliphatic heterocycles. The molecule has 0 radical (unpaired) electrons. The monoisotopic (exact) mass is 432 g/mol. The quantitative estimate of drug-likeness (QED) is 0.453. The van der Waals surface area contributed by atoms with Crippen LogP contribution in [0.25, 0.3) is 0 Å². The van der Waals surface area contributed by atoms with Gasteiger partial charge in [-0.2, -0.15) is 0 Å². The summed E-state index contributed by atoms with van der Waals surface area (Å²) in [5, 5.41) is 9.57. The maximum Gasteiger partial charge on any atom is 0.412 e. The molecule has 1 aromatic carbocycles. The molecule has 1 saturated heterocycles. The van der Waals surface area contributed by atoms with Gasteiger partial charge < -0.3 is 20.3 Å². The van der Waals surface area contributed by atoms with Crippen LogP contribution < -0.4 is 16.0 Å². The molecule has 8 heteroatoms. The first-order valence-corrected chi connectivity index (χ1v) is 11.1. The number of guanidine groups is 1. The van der Waals surface area contributed by atoms with Gasteiger partial charge in [0.25, 0.3) is 0 Å². The van der Waals surface area contributed by atoms with E-state index in [9.17, 15) is 4.79 Å². The summed E-state index contributed by atoms with van der Waals surface area (Å²) in [5.41, 5.74) is 1.40. The van der Waals surface area contributed by atoms with E-state index in [2.05, 4.69) is 44.7 Å². The number of benzene rings is 1. The fourth-order valence-electron chi connectivity index (χ4n) is 3.36. The van der Waals surface area contributed by atoms with Crippen molar-refractivity contribution in [3.63, 3.8) is 0 Å². The van der Waals surface area contributed by atoms with Gasteiger partial charge >= 0.3 is 6.09 Å². The summed E-state index contributed by atoms with van der Waals surface area (Å²) >= 11 is 0. The van der Waals surface area contributed by atoms with Crippen LogP contribution >= 0.6 is 0 Å². The summed E-state index contributed by atoms with van der Waals surface area (Å²) in [6, 6.07) is 8.28. The number of nitrogens with one attached hydrogen (secondary N) is 3. The molecule has 0 aliphatic carbocycles. The summed E-state index contributed by atoms with van der Waals surface area (Å²) in [6.45, 7) is 13.9. The van der Waals surface area contributed by atoms with Gasteiger partial charge in [0, 0.05) is 58.0 Å². The third kappa shape index (κ3) is 9.57. The molecule has 2 rings (SSSR count). The van der Waals surface area contributed by atoms with Gasteiger partial charge in [-0.1, -0.05) is 12.1 Å². The average molecular weight is 433 g/mol. The van der Waals surface area contributed by atoms with E-state index in [0.29, 0.717) is 6.04 Å². The zero-order valence-corrected chi connectivity index (χ0v) is 20.0. The molecule has 174 valence electrons. The molecule has 1 aliphatic rings. The van der Waals surface area contributed by atoms with Crippen molar-refractivity contribution in [3.8, 4) is 0 Å². The lowest BCUT2D eigenvalue weighted by Gasteiger charge is -2.36. The Bertz CT molecular complexity index is 706. The minimum absolute atomic E-state index is 0.442. The minimum atomic E-state index is -0.509. The number of carbonyl (C=O) groups is 1. The van der Waals surface area contributed by atoms with Crippen LogP contribution in [-0.2, 0) is 11.2 Å². The molecule has 0 saturated carbocycles. The predicted molar refractivity (Wildman–Crippen MR) is 128 cm³/mol. The molecule has 0 spiro atoms. The van der Waals surface area contributed by atoms with Crippen LogP contribution in [0.5, 0.6) is 0 Å². The third-order valence-corrected chi connectivity index (χ3v) is 5.26. The van der Waals surface area contributed by atoms with Crippen molar-refractivity contribution in [2.75, 3.05) is 58.7 Å². The van der Waals surface area contributed by atoms with Gasteiger partial charge in [0.05, 0.1) is 0 Å². The molecular formula is C23H40N6O2. The van der Waals surface area contributed by atoms with Crippen molar-refractivity contribution >= 4 is 17.7 Å². The van der Waals surface area contributed by atoms with Crippen LogP contribution in [0.15, 0.2) is 29.3 Å². The van der Waals surface area contributed by atoms with Crippen LogP contribution in [0.4, 0.5) is 10.5 Å². The van der Waals surface area contributed by atoms with Crippen LogP contribution in [0.1, 0.15) is 33.3 Å². The Morgan fingerprint density at radius 1 is 1.13 bits per heavy atom. The number of anilines is 1. The van der Waals surface area contributed by atoms with E-state index in [0.717, 1.165) is 57.3 Å². The zero-order valence-electron chi connectivity index (χ0n) is 20.0. The van der Waals surface area contributed by atoms with E-state index in [1.165, 1.54) is 5.56 Å². The molecule has 1 fully saturated rings. The topological polar surface area (TPSA) is 81.2 Å². The van der Waals surface area contributed by atoms with Crippen molar-refractivity contribution in [3.05, 3.63) is 29.8 Å². The molecular weight excluding hydrogens is 392 g/mol. The fraction of sp³-hybridized carbons (Fsp3) is 0.652. The Balaban J connectivity index is 1.69. The molecule has 1 amide bonds. The summed E-state index contributed by atoms with van der Waals surface area (Å²) in [7, 11) is 3.98. The number of ether oxygens (including phenoxy) is 1. The molecule has 0 aromatic heterocycles. The van der Waals surface area contributed by atoms with E-state index in [-0.39, 0.29) is 0 Å². The molecule has 1 unspecified atom stereocenters. The highest BCUT2D eigenvalue weighted by Crippen LogP contribution is 2.13. The highest BCUT2D eigenvalue weighted by Gasteiger charge is 2.19. The van der Waals surface area contributed by atoms with Gasteiger partial charge in [-0.15, -0.1) is 0 Å². The van der Waals surface area contributed by atoms with Crippen molar-refractivity contribution in [1.29, 1.82) is 0 Å². The number of nitrogens with zero attached hydrogens (tertiary/aromatic N) is 3. The van der Waals surface area contributed by atoms with E-state index in [4.69, 9.17) is 4.74 Å². The Morgan fingerprint density at radius 2 is 1.77 bits per heavy atom. The van der Waals surface area contributed by atoms with Crippen molar-refractivity contribution in [2.24, 2.45) is 4.99 Å². The van der Waals surface area contributed by atoms with Crippen LogP contribution in [0.2, 0.25) is 0 Å². The SMILES string of the molecule is CN=C(NCCc1ccc(NC(=O)OC(C)(C)C)cc1)NCC(C)N1CCN(C)CC1. The maximum absolute atomic E-state index is 11.8. The van der Waals surface area contributed by atoms with Crippen molar-refractivity contribution in [2.45, 2.75) is 45.8 Å². The maximum atomic E-state index is 11.8. The second-order valence-electron chi connectivity index (χ2n) is 9.14. The molecule has 31 heavy (non-hydrogen) atoms. The number of amides is 1. The fourth-order valence-corrected chi connectivity index (χ4v) is 3.36. The lowest BCUT2D eigenvalue weighted by atomic mass is 10.1. The Hall–Kier alpha value is -2.32. The van der Waals surface area contributed by atoms with Crippen molar-refractivity contribution < 1.29 is 9.53 Å². The Morgan fingerprint density at radius 3 is 2.35 bits per heavy atom. The molecule has 3 N–H and O–H groups in total. The van der Waals surface area contributed by atoms with Gasteiger partial charge in [0.2, 0.25) is 0 Å². The first kappa shape index (κ1) is 24.9. The number of rotatable bonds is 7. The standard InChI is InChI=1S/C23H40N6O2/c1-18(29-15-13-28(6)14-16-29)17-26-21(24-5)25-12-11-19-7-9-20(10-8-19)27-22(30)31-23(2,3)4/h7-10,18H,11-17H2,1-6H3,(H,27,30)(H2,24,25,26). The number of hydrogen-bond acceptors (Lipinski definition) is 5. The normalized spacial score (nSPS) is 17.2. The second kappa shape index (κ2) is 11.9. The molecule has 1 aromatic rings. The first-order chi connectivity index (χ1) is 14.7. The van der Waals surface area contributed by atoms with E-state index in [1.54, 1.807) is 7.05 Å². The summed E-state index contributed by atoms with van der Waals surface area (Å²) < 4.78 is 5.27. The van der Waals surface area contributed by atoms with E-state index >= 15 is 0 Å². The number of piperazine rings is 1. The summed E-state index contributed by atoms with van der Waals surface area (Å²) in [5.74, 6) is 0.823. The lowest BCUT2D eigenvalue weighted by Crippen LogP contribution is -2.52. The van der Waals surface area contributed by atoms with Crippen molar-refractivity contribution in [1.82, 2.24) is 20.4 Å². The lowest BCUT2D eigenvalue weighted by molar-refractivity contribution is 0.0636. The first-order valence-electron chi connectivity index (χ1n) is 11.1. The second-order valence-corrected chi connectivity index (χ2v) is 9.14. The summed E-state index contributed by atoms with van der Waals surface area (Å²) in [4.78, 5) is 21.1. The molecule has 1 atom stereocenters. The number of likely N-dealkylation sites (N-methyl/N-ethyl adjacent to an activating group) is 1. The smallest absolute Gasteiger partial charge is 0.412 e. The highest BCUT2D eigenvalue weighted by molar-refractivity contribution is 5.84. The molecule has 1 heterocycles. The van der Waals surface area contributed by atoms with Gasteiger partial charge in [-0.3, -0.25) is 15.2 Å². The van der Waals surface area contributed by atoms with Gasteiger partial charge in [-0.25, -0.2) is 4.79 Å². The largest absolute Gasteiger partial charge is 0.444 e. The van der Waals surface area contributed by atoms with Gasteiger partial charge in [0.1, 0.15) is 5.60 Å². The zero-order chi connectivity index (χ0) is 22.9. The Kier molecular flexibility index (Phi) is 9.58.